The Kier molecular flexibility index (Phi) is 3.29. The lowest BCUT2D eigenvalue weighted by Gasteiger charge is -2.28. The number of rotatable bonds is 3. The van der Waals surface area contributed by atoms with Crippen molar-refractivity contribution in [2.75, 3.05) is 13.7 Å². The van der Waals surface area contributed by atoms with Crippen molar-refractivity contribution in [3.63, 3.8) is 0 Å². The van der Waals surface area contributed by atoms with Gasteiger partial charge in [0, 0.05) is 24.8 Å². The molecule has 0 radical (unpaired) electrons. The van der Waals surface area contributed by atoms with Crippen molar-refractivity contribution in [1.29, 1.82) is 0 Å². The summed E-state index contributed by atoms with van der Waals surface area (Å²) < 4.78 is 5.39. The third-order valence-electron chi connectivity index (χ3n) is 2.49. The maximum atomic E-state index is 5.68. The summed E-state index contributed by atoms with van der Waals surface area (Å²) in [4.78, 5) is 0. The smallest absolute Gasteiger partial charge is 0.103 e. The van der Waals surface area contributed by atoms with Gasteiger partial charge in [-0.2, -0.15) is 0 Å². The molecule has 1 atom stereocenters. The predicted octanol–water partition coefficient (Wildman–Crippen LogP) is 1.49. The van der Waals surface area contributed by atoms with E-state index in [0.29, 0.717) is 6.54 Å². The van der Waals surface area contributed by atoms with Crippen molar-refractivity contribution in [3.8, 4) is 12.3 Å². The highest BCUT2D eigenvalue weighted by Crippen LogP contribution is 2.25. The van der Waals surface area contributed by atoms with Crippen LogP contribution in [0, 0.1) is 12.3 Å². The molecule has 2 heteroatoms. The van der Waals surface area contributed by atoms with Crippen LogP contribution in [0.4, 0.5) is 0 Å². The predicted molar refractivity (Wildman–Crippen MR) is 57.8 cm³/mol. The Morgan fingerprint density at radius 3 is 2.64 bits per heavy atom. The molecule has 2 N–H and O–H groups in total. The molecule has 0 amide bonds. The molecule has 0 fully saturated rings. The first-order valence-corrected chi connectivity index (χ1v) is 4.49. The van der Waals surface area contributed by atoms with Gasteiger partial charge in [0.2, 0.25) is 0 Å². The summed E-state index contributed by atoms with van der Waals surface area (Å²) in [5.41, 5.74) is 6.98. The molecule has 1 aromatic carbocycles. The van der Waals surface area contributed by atoms with Gasteiger partial charge < -0.3 is 10.5 Å². The normalized spacial score (nSPS) is 14.4. The SMILES string of the molecule is C#Cc1ccccc1C(C)(CN)OC. The lowest BCUT2D eigenvalue weighted by atomic mass is 9.91. The molecule has 0 heterocycles. The molecular formula is C12H15NO. The fourth-order valence-electron chi connectivity index (χ4n) is 1.37. The summed E-state index contributed by atoms with van der Waals surface area (Å²) in [5.74, 6) is 2.63. The van der Waals surface area contributed by atoms with Gasteiger partial charge in [-0.3, -0.25) is 0 Å². The van der Waals surface area contributed by atoms with Gasteiger partial charge in [-0.25, -0.2) is 0 Å². The molecule has 0 aromatic heterocycles. The average molecular weight is 189 g/mol. The first kappa shape index (κ1) is 10.8. The highest BCUT2D eigenvalue weighted by molar-refractivity contribution is 5.43. The molecule has 0 saturated heterocycles. The Labute approximate surface area is 85.1 Å². The summed E-state index contributed by atoms with van der Waals surface area (Å²) in [6.07, 6.45) is 5.41. The van der Waals surface area contributed by atoms with Gasteiger partial charge in [0.25, 0.3) is 0 Å². The zero-order chi connectivity index (χ0) is 10.6. The van der Waals surface area contributed by atoms with Gasteiger partial charge in [-0.1, -0.05) is 24.1 Å². The highest BCUT2D eigenvalue weighted by atomic mass is 16.5. The number of hydrogen-bond donors (Lipinski definition) is 1. The molecule has 2 nitrogen and oxygen atoms in total. The van der Waals surface area contributed by atoms with E-state index in [9.17, 15) is 0 Å². The maximum Gasteiger partial charge on any atom is 0.103 e. The molecule has 0 saturated carbocycles. The third kappa shape index (κ3) is 1.79. The molecule has 0 bridgehead atoms. The molecule has 0 spiro atoms. The van der Waals surface area contributed by atoms with Gasteiger partial charge in [-0.15, -0.1) is 6.42 Å². The van der Waals surface area contributed by atoms with Crippen LogP contribution in [-0.2, 0) is 10.3 Å². The summed E-state index contributed by atoms with van der Waals surface area (Å²) >= 11 is 0. The Morgan fingerprint density at radius 1 is 1.50 bits per heavy atom. The van der Waals surface area contributed by atoms with Crippen molar-refractivity contribution >= 4 is 0 Å². The monoisotopic (exact) mass is 189 g/mol. The Bertz CT molecular complexity index is 348. The molecule has 0 aliphatic carbocycles. The topological polar surface area (TPSA) is 35.2 Å². The van der Waals surface area contributed by atoms with E-state index in [1.54, 1.807) is 7.11 Å². The van der Waals surface area contributed by atoms with Gasteiger partial charge in [0.05, 0.1) is 0 Å². The zero-order valence-corrected chi connectivity index (χ0v) is 8.58. The van der Waals surface area contributed by atoms with Crippen LogP contribution < -0.4 is 5.73 Å². The van der Waals surface area contributed by atoms with Crippen molar-refractivity contribution in [2.45, 2.75) is 12.5 Å². The number of nitrogens with two attached hydrogens (primary N) is 1. The lowest BCUT2D eigenvalue weighted by molar-refractivity contribution is 0.00988. The first-order chi connectivity index (χ1) is 6.68. The van der Waals surface area contributed by atoms with E-state index in [0.717, 1.165) is 11.1 Å². The largest absolute Gasteiger partial charge is 0.372 e. The van der Waals surface area contributed by atoms with Crippen LogP contribution in [0.3, 0.4) is 0 Å². The summed E-state index contributed by atoms with van der Waals surface area (Å²) in [6, 6.07) is 7.68. The van der Waals surface area contributed by atoms with Gasteiger partial charge in [0.15, 0.2) is 0 Å². The molecule has 14 heavy (non-hydrogen) atoms. The second-order valence-electron chi connectivity index (χ2n) is 3.33. The van der Waals surface area contributed by atoms with Gasteiger partial charge in [-0.05, 0) is 13.0 Å². The molecule has 1 aromatic rings. The quantitative estimate of drug-likeness (QED) is 0.731. The number of benzene rings is 1. The van der Waals surface area contributed by atoms with E-state index in [1.165, 1.54) is 0 Å². The van der Waals surface area contributed by atoms with Crippen LogP contribution in [0.2, 0.25) is 0 Å². The fourth-order valence-corrected chi connectivity index (χ4v) is 1.37. The molecule has 1 rings (SSSR count). The Morgan fingerprint density at radius 2 is 2.14 bits per heavy atom. The van der Waals surface area contributed by atoms with Gasteiger partial charge >= 0.3 is 0 Å². The van der Waals surface area contributed by atoms with Crippen LogP contribution in [0.25, 0.3) is 0 Å². The first-order valence-electron chi connectivity index (χ1n) is 4.49. The molecular weight excluding hydrogens is 174 g/mol. The Hall–Kier alpha value is -1.30. The highest BCUT2D eigenvalue weighted by Gasteiger charge is 2.26. The van der Waals surface area contributed by atoms with Crippen molar-refractivity contribution in [2.24, 2.45) is 5.73 Å². The van der Waals surface area contributed by atoms with Crippen LogP contribution in [0.5, 0.6) is 0 Å². The van der Waals surface area contributed by atoms with Crippen LogP contribution in [0.15, 0.2) is 24.3 Å². The summed E-state index contributed by atoms with van der Waals surface area (Å²) in [5, 5.41) is 0. The molecule has 1 unspecified atom stereocenters. The Balaban J connectivity index is 3.24. The van der Waals surface area contributed by atoms with E-state index < -0.39 is 5.60 Å². The summed E-state index contributed by atoms with van der Waals surface area (Å²) in [7, 11) is 1.64. The molecule has 74 valence electrons. The van der Waals surface area contributed by atoms with E-state index >= 15 is 0 Å². The van der Waals surface area contributed by atoms with Gasteiger partial charge in [0.1, 0.15) is 5.60 Å². The molecule has 0 aliphatic rings. The van der Waals surface area contributed by atoms with Crippen molar-refractivity contribution in [3.05, 3.63) is 35.4 Å². The third-order valence-corrected chi connectivity index (χ3v) is 2.49. The second kappa shape index (κ2) is 4.28. The minimum absolute atomic E-state index is 0.405. The number of ether oxygens (including phenoxy) is 1. The zero-order valence-electron chi connectivity index (χ0n) is 8.58. The van der Waals surface area contributed by atoms with Crippen LogP contribution in [-0.4, -0.2) is 13.7 Å². The molecule has 0 aliphatic heterocycles. The minimum atomic E-state index is -0.497. The van der Waals surface area contributed by atoms with Crippen molar-refractivity contribution in [1.82, 2.24) is 0 Å². The van der Waals surface area contributed by atoms with Crippen LogP contribution >= 0.6 is 0 Å². The minimum Gasteiger partial charge on any atom is -0.372 e. The number of hydrogen-bond acceptors (Lipinski definition) is 2. The van der Waals surface area contributed by atoms with Crippen LogP contribution in [0.1, 0.15) is 18.1 Å². The van der Waals surface area contributed by atoms with E-state index in [4.69, 9.17) is 16.9 Å². The van der Waals surface area contributed by atoms with E-state index in [1.807, 2.05) is 31.2 Å². The van der Waals surface area contributed by atoms with E-state index in [2.05, 4.69) is 5.92 Å². The van der Waals surface area contributed by atoms with Crippen molar-refractivity contribution < 1.29 is 4.74 Å². The van der Waals surface area contributed by atoms with E-state index in [-0.39, 0.29) is 0 Å². The standard InChI is InChI=1S/C12H15NO/c1-4-10-7-5-6-8-11(10)12(2,9-13)14-3/h1,5-8H,9,13H2,2-3H3. The second-order valence-corrected chi connectivity index (χ2v) is 3.33. The summed E-state index contributed by atoms with van der Waals surface area (Å²) in [6.45, 7) is 2.34. The lowest BCUT2D eigenvalue weighted by Crippen LogP contribution is -2.34. The average Bonchev–Trinajstić information content (AvgIpc) is 2.28. The maximum absolute atomic E-state index is 5.68. The number of terminal acetylenes is 1. The fraction of sp³-hybridized carbons (Fsp3) is 0.333. The number of methoxy groups -OCH3 is 1.